The summed E-state index contributed by atoms with van der Waals surface area (Å²) in [5.41, 5.74) is 0.904. The number of imide groups is 2. The highest BCUT2D eigenvalue weighted by Crippen LogP contribution is 2.32. The molecule has 0 aromatic heterocycles. The van der Waals surface area contributed by atoms with Crippen LogP contribution in [0, 0.1) is 0 Å². The van der Waals surface area contributed by atoms with E-state index in [0.717, 1.165) is 37.6 Å². The number of hydrogen-bond donors (Lipinski definition) is 2. The van der Waals surface area contributed by atoms with Crippen LogP contribution >= 0.6 is 0 Å². The van der Waals surface area contributed by atoms with Gasteiger partial charge in [-0.15, -0.1) is 0 Å². The molecule has 5 amide bonds. The predicted octanol–water partition coefficient (Wildman–Crippen LogP) is 0.187. The van der Waals surface area contributed by atoms with E-state index < -0.39 is 29.7 Å². The number of nitrogens with zero attached hydrogens (tertiary/aromatic N) is 3. The lowest BCUT2D eigenvalue weighted by Gasteiger charge is -2.34. The van der Waals surface area contributed by atoms with Crippen LogP contribution in [-0.2, 0) is 52.3 Å². The first kappa shape index (κ1) is 45.1. The van der Waals surface area contributed by atoms with Gasteiger partial charge in [-0.25, -0.2) is 0 Å². The lowest BCUT2D eigenvalue weighted by atomic mass is 10.0. The number of piperazine rings is 1. The SMILES string of the molecule is CCN1CCN(C(=O)CCOCCOCCOCCOCCOCCOCCOCCOCCNc2cccc3c2C(=O)N(C2CCC(=O)NC2=O)C3=O)CC1. The standard InChI is InChI=1S/C38H59N5O13/c1-2-41-10-12-42(13-11-41)34(45)8-14-49-16-18-51-20-22-53-24-26-55-28-29-56-27-25-54-23-21-52-19-17-50-15-9-39-31-5-3-4-30-35(31)38(48)43(37(30)47)32-6-7-33(44)40-36(32)46/h3-5,32,39H,2,6-29H2,1H3,(H,40,44,46). The van der Waals surface area contributed by atoms with Gasteiger partial charge in [-0.05, 0) is 25.1 Å². The zero-order valence-electron chi connectivity index (χ0n) is 32.6. The number of likely N-dealkylation sites (N-methyl/N-ethyl adjacent to an activating group) is 1. The largest absolute Gasteiger partial charge is 0.382 e. The summed E-state index contributed by atoms with van der Waals surface area (Å²) in [5, 5.41) is 5.33. The van der Waals surface area contributed by atoms with Crippen molar-refractivity contribution in [3.8, 4) is 0 Å². The van der Waals surface area contributed by atoms with Gasteiger partial charge in [0.05, 0.1) is 123 Å². The number of nitrogens with one attached hydrogen (secondary N) is 2. The third-order valence-corrected chi connectivity index (χ3v) is 9.27. The monoisotopic (exact) mass is 793 g/mol. The average Bonchev–Trinajstić information content (AvgIpc) is 3.46. The number of hydrogen-bond acceptors (Lipinski definition) is 15. The Bertz CT molecular complexity index is 1380. The molecule has 3 aliphatic heterocycles. The Morgan fingerprint density at radius 1 is 0.679 bits per heavy atom. The van der Waals surface area contributed by atoms with E-state index >= 15 is 0 Å². The minimum atomic E-state index is -1.01. The first-order valence-corrected chi connectivity index (χ1v) is 19.6. The molecule has 3 aliphatic rings. The van der Waals surface area contributed by atoms with Crippen LogP contribution in [0.2, 0.25) is 0 Å². The van der Waals surface area contributed by atoms with Gasteiger partial charge >= 0.3 is 0 Å². The van der Waals surface area contributed by atoms with Gasteiger partial charge in [0, 0.05) is 44.8 Å². The van der Waals surface area contributed by atoms with Crippen LogP contribution in [0.3, 0.4) is 0 Å². The second-order valence-electron chi connectivity index (χ2n) is 13.1. The van der Waals surface area contributed by atoms with E-state index in [4.69, 9.17) is 37.9 Å². The number of rotatable bonds is 30. The number of anilines is 1. The Kier molecular flexibility index (Phi) is 21.2. The maximum absolute atomic E-state index is 13.2. The molecule has 1 atom stereocenters. The Morgan fingerprint density at radius 2 is 1.18 bits per heavy atom. The molecule has 18 nitrogen and oxygen atoms in total. The van der Waals surface area contributed by atoms with E-state index in [1.54, 1.807) is 18.2 Å². The number of fused-ring (bicyclic) bond motifs is 1. The zero-order chi connectivity index (χ0) is 39.8. The number of ether oxygens (including phenoxy) is 8. The topological polar surface area (TPSA) is 193 Å². The van der Waals surface area contributed by atoms with Crippen LogP contribution < -0.4 is 10.6 Å². The molecule has 2 fully saturated rings. The summed E-state index contributed by atoms with van der Waals surface area (Å²) in [5.74, 6) is -2.02. The number of carbonyl (C=O) groups excluding carboxylic acids is 5. The van der Waals surface area contributed by atoms with E-state index in [0.29, 0.717) is 124 Å². The maximum Gasteiger partial charge on any atom is 0.264 e. The molecule has 0 saturated carbocycles. The second-order valence-corrected chi connectivity index (χ2v) is 13.1. The lowest BCUT2D eigenvalue weighted by Crippen LogP contribution is -2.54. The smallest absolute Gasteiger partial charge is 0.264 e. The van der Waals surface area contributed by atoms with E-state index in [1.807, 2.05) is 4.90 Å². The summed E-state index contributed by atoms with van der Waals surface area (Å²) in [4.78, 5) is 67.4. The van der Waals surface area contributed by atoms with Crippen LogP contribution in [0.4, 0.5) is 5.69 Å². The van der Waals surface area contributed by atoms with Crippen LogP contribution in [0.15, 0.2) is 18.2 Å². The summed E-state index contributed by atoms with van der Waals surface area (Å²) in [6.07, 6.45) is 0.572. The van der Waals surface area contributed by atoms with E-state index in [9.17, 15) is 24.0 Å². The van der Waals surface area contributed by atoms with Gasteiger partial charge in [0.1, 0.15) is 6.04 Å². The quantitative estimate of drug-likeness (QED) is 0.0792. The number of amides is 5. The van der Waals surface area contributed by atoms with Gasteiger partial charge in [0.15, 0.2) is 0 Å². The van der Waals surface area contributed by atoms with Gasteiger partial charge in [0.2, 0.25) is 17.7 Å². The Balaban J connectivity index is 0.851. The van der Waals surface area contributed by atoms with Gasteiger partial charge < -0.3 is 53.0 Å². The van der Waals surface area contributed by atoms with Crippen molar-refractivity contribution in [2.75, 3.05) is 150 Å². The van der Waals surface area contributed by atoms with Crippen molar-refractivity contribution in [2.45, 2.75) is 32.2 Å². The molecule has 0 spiro atoms. The van der Waals surface area contributed by atoms with Crippen LogP contribution in [0.1, 0.15) is 46.9 Å². The molecule has 1 aromatic carbocycles. The molecule has 0 aliphatic carbocycles. The lowest BCUT2D eigenvalue weighted by molar-refractivity contribution is -0.136. The van der Waals surface area contributed by atoms with E-state index in [1.165, 1.54) is 0 Å². The molecule has 2 saturated heterocycles. The maximum atomic E-state index is 13.2. The first-order chi connectivity index (χ1) is 27.4. The highest BCUT2D eigenvalue weighted by molar-refractivity contribution is 6.25. The van der Waals surface area contributed by atoms with Crippen molar-refractivity contribution in [3.05, 3.63) is 29.3 Å². The molecular formula is C38H59N5O13. The molecular weight excluding hydrogens is 734 g/mol. The minimum absolute atomic E-state index is 0.0648. The van der Waals surface area contributed by atoms with Crippen LogP contribution in [0.5, 0.6) is 0 Å². The Hall–Kier alpha value is -3.59. The molecule has 18 heteroatoms. The van der Waals surface area contributed by atoms with Crippen molar-refractivity contribution < 1.29 is 61.9 Å². The third-order valence-electron chi connectivity index (χ3n) is 9.27. The average molecular weight is 794 g/mol. The first-order valence-electron chi connectivity index (χ1n) is 19.6. The van der Waals surface area contributed by atoms with Crippen molar-refractivity contribution >= 4 is 35.2 Å². The predicted molar refractivity (Wildman–Crippen MR) is 201 cm³/mol. The minimum Gasteiger partial charge on any atom is -0.382 e. The number of benzene rings is 1. The van der Waals surface area contributed by atoms with Gasteiger partial charge in [-0.1, -0.05) is 13.0 Å². The second kappa shape index (κ2) is 26.4. The molecule has 1 aromatic rings. The fourth-order valence-electron chi connectivity index (χ4n) is 6.19. The van der Waals surface area contributed by atoms with Crippen LogP contribution in [0.25, 0.3) is 0 Å². The van der Waals surface area contributed by atoms with E-state index in [-0.39, 0.29) is 29.9 Å². The fourth-order valence-corrected chi connectivity index (χ4v) is 6.19. The Labute approximate surface area is 328 Å². The molecule has 0 bridgehead atoms. The summed E-state index contributed by atoms with van der Waals surface area (Å²) in [6.45, 7) is 14.0. The third kappa shape index (κ3) is 15.4. The molecule has 56 heavy (non-hydrogen) atoms. The molecule has 314 valence electrons. The number of piperidine rings is 1. The molecule has 0 radical (unpaired) electrons. The van der Waals surface area contributed by atoms with E-state index in [2.05, 4.69) is 22.5 Å². The zero-order valence-corrected chi connectivity index (χ0v) is 32.6. The fraction of sp³-hybridized carbons (Fsp3) is 0.711. The summed E-state index contributed by atoms with van der Waals surface area (Å²) >= 11 is 0. The molecule has 3 heterocycles. The molecule has 2 N–H and O–H groups in total. The summed E-state index contributed by atoms with van der Waals surface area (Å²) in [7, 11) is 0. The van der Waals surface area contributed by atoms with Crippen LogP contribution in [-0.4, -0.2) is 195 Å². The summed E-state index contributed by atoms with van der Waals surface area (Å²) in [6, 6.07) is 3.90. The van der Waals surface area contributed by atoms with Crippen molar-refractivity contribution in [3.63, 3.8) is 0 Å². The van der Waals surface area contributed by atoms with Crippen molar-refractivity contribution in [2.24, 2.45) is 0 Å². The van der Waals surface area contributed by atoms with Gasteiger partial charge in [0.25, 0.3) is 11.8 Å². The van der Waals surface area contributed by atoms with Gasteiger partial charge in [-0.3, -0.25) is 34.2 Å². The summed E-state index contributed by atoms with van der Waals surface area (Å²) < 4.78 is 44.1. The van der Waals surface area contributed by atoms with Gasteiger partial charge in [-0.2, -0.15) is 0 Å². The van der Waals surface area contributed by atoms with Crippen molar-refractivity contribution in [1.82, 2.24) is 20.0 Å². The highest BCUT2D eigenvalue weighted by atomic mass is 16.6. The Morgan fingerprint density at radius 3 is 1.68 bits per heavy atom. The number of carbonyl (C=O) groups is 5. The molecule has 4 rings (SSSR count). The van der Waals surface area contributed by atoms with Crippen molar-refractivity contribution in [1.29, 1.82) is 0 Å². The normalized spacial score (nSPS) is 17.5. The highest BCUT2D eigenvalue weighted by Gasteiger charge is 2.45. The molecule has 1 unspecified atom stereocenters.